The van der Waals surface area contributed by atoms with Gasteiger partial charge in [0.25, 0.3) is 0 Å². The lowest BCUT2D eigenvalue weighted by molar-refractivity contribution is 0.105. The van der Waals surface area contributed by atoms with Gasteiger partial charge in [-0.25, -0.2) is 0 Å². The maximum absolute atomic E-state index is 10.1. The predicted molar refractivity (Wildman–Crippen MR) is 85.2 cm³/mol. The molecular formula is C17H22BrNO2. The van der Waals surface area contributed by atoms with Gasteiger partial charge in [0, 0.05) is 17.1 Å². The summed E-state index contributed by atoms with van der Waals surface area (Å²) in [5.74, 6) is 4.60. The van der Waals surface area contributed by atoms with Gasteiger partial charge in [-0.2, -0.15) is 0 Å². The van der Waals surface area contributed by atoms with Crippen LogP contribution in [0.25, 0.3) is 0 Å². The van der Waals surface area contributed by atoms with Crippen LogP contribution in [0.3, 0.4) is 0 Å². The number of rotatable bonds is 6. The lowest BCUT2D eigenvalue weighted by Crippen LogP contribution is -2.34. The minimum atomic E-state index is -0.437. The molecule has 1 aromatic rings. The molecule has 0 amide bonds. The Morgan fingerprint density at radius 1 is 1.19 bits per heavy atom. The van der Waals surface area contributed by atoms with Crippen LogP contribution in [0.1, 0.15) is 19.3 Å². The van der Waals surface area contributed by atoms with Crippen molar-refractivity contribution in [3.63, 3.8) is 0 Å². The van der Waals surface area contributed by atoms with Gasteiger partial charge >= 0.3 is 0 Å². The first-order valence-electron chi connectivity index (χ1n) is 8.02. The smallest absolute Gasteiger partial charge is 0.119 e. The molecule has 4 heteroatoms. The highest BCUT2D eigenvalue weighted by atomic mass is 79.9. The minimum absolute atomic E-state index is 0.351. The molecule has 0 aromatic heterocycles. The third-order valence-electron chi connectivity index (χ3n) is 5.58. The van der Waals surface area contributed by atoms with Crippen molar-refractivity contribution < 1.29 is 9.84 Å². The average molecular weight is 352 g/mol. The Morgan fingerprint density at radius 3 is 2.52 bits per heavy atom. The van der Waals surface area contributed by atoms with Gasteiger partial charge in [-0.3, -0.25) is 0 Å². The van der Waals surface area contributed by atoms with E-state index in [1.54, 1.807) is 0 Å². The number of aliphatic hydroxyl groups is 1. The normalized spacial score (nSPS) is 37.3. The first-order chi connectivity index (χ1) is 10.2. The second-order valence-electron chi connectivity index (χ2n) is 6.84. The molecule has 1 aromatic carbocycles. The zero-order chi connectivity index (χ0) is 14.4. The fourth-order valence-electron chi connectivity index (χ4n) is 4.65. The summed E-state index contributed by atoms with van der Waals surface area (Å²) in [6, 6.07) is 8.39. The molecule has 4 rings (SSSR count). The van der Waals surface area contributed by atoms with Crippen molar-refractivity contribution in [1.82, 2.24) is 5.32 Å². The Labute approximate surface area is 134 Å². The minimum Gasteiger partial charge on any atom is -0.491 e. The van der Waals surface area contributed by atoms with E-state index in [-0.39, 0.29) is 0 Å². The molecule has 3 nitrogen and oxygen atoms in total. The summed E-state index contributed by atoms with van der Waals surface area (Å²) in [6.07, 6.45) is 3.92. The lowest BCUT2D eigenvalue weighted by Gasteiger charge is -2.15. The summed E-state index contributed by atoms with van der Waals surface area (Å²) in [6.45, 7) is 0.997. The summed E-state index contributed by atoms with van der Waals surface area (Å²) in [5, 5.41) is 13.6. The summed E-state index contributed by atoms with van der Waals surface area (Å²) < 4.78 is 6.65. The second-order valence-corrected chi connectivity index (χ2v) is 7.76. The fourth-order valence-corrected chi connectivity index (χ4v) is 4.92. The first-order valence-corrected chi connectivity index (χ1v) is 8.81. The van der Waals surface area contributed by atoms with E-state index < -0.39 is 6.10 Å². The van der Waals surface area contributed by atoms with E-state index in [9.17, 15) is 5.11 Å². The largest absolute Gasteiger partial charge is 0.491 e. The molecule has 3 saturated carbocycles. The van der Waals surface area contributed by atoms with Crippen LogP contribution in [0.4, 0.5) is 0 Å². The quantitative estimate of drug-likeness (QED) is 0.827. The fraction of sp³-hybridized carbons (Fsp3) is 0.647. The Bertz CT molecular complexity index is 490. The maximum atomic E-state index is 10.1. The molecule has 0 spiro atoms. The first kappa shape index (κ1) is 14.0. The van der Waals surface area contributed by atoms with E-state index in [2.05, 4.69) is 21.2 Å². The summed E-state index contributed by atoms with van der Waals surface area (Å²) in [5.41, 5.74) is 0. The van der Waals surface area contributed by atoms with E-state index >= 15 is 0 Å². The SMILES string of the molecule is OC(CNC1C2C3CCC(C3)C12)COc1ccc(Br)cc1. The summed E-state index contributed by atoms with van der Waals surface area (Å²) >= 11 is 3.40. The van der Waals surface area contributed by atoms with E-state index in [0.717, 1.165) is 33.9 Å². The third-order valence-corrected chi connectivity index (χ3v) is 6.11. The van der Waals surface area contributed by atoms with Crippen molar-refractivity contribution in [2.45, 2.75) is 31.4 Å². The predicted octanol–water partition coefficient (Wildman–Crippen LogP) is 2.82. The molecule has 3 fully saturated rings. The van der Waals surface area contributed by atoms with Gasteiger partial charge in [0.15, 0.2) is 0 Å². The zero-order valence-corrected chi connectivity index (χ0v) is 13.6. The highest BCUT2D eigenvalue weighted by Gasteiger charge is 2.64. The molecule has 21 heavy (non-hydrogen) atoms. The van der Waals surface area contributed by atoms with Crippen molar-refractivity contribution >= 4 is 15.9 Å². The Hall–Kier alpha value is -0.580. The molecule has 0 heterocycles. The number of fused-ring (bicyclic) bond motifs is 5. The molecule has 114 valence electrons. The van der Waals surface area contributed by atoms with Gasteiger partial charge in [0.1, 0.15) is 18.5 Å². The van der Waals surface area contributed by atoms with Gasteiger partial charge in [-0.1, -0.05) is 15.9 Å². The zero-order valence-electron chi connectivity index (χ0n) is 12.0. The van der Waals surface area contributed by atoms with Crippen LogP contribution in [0.15, 0.2) is 28.7 Å². The Balaban J connectivity index is 1.19. The van der Waals surface area contributed by atoms with Crippen LogP contribution in [0.5, 0.6) is 5.75 Å². The van der Waals surface area contributed by atoms with Gasteiger partial charge < -0.3 is 15.2 Å². The molecule has 5 unspecified atom stereocenters. The highest BCUT2D eigenvalue weighted by Crippen LogP contribution is 2.65. The van der Waals surface area contributed by atoms with Crippen molar-refractivity contribution in [3.05, 3.63) is 28.7 Å². The maximum Gasteiger partial charge on any atom is 0.119 e. The number of hydrogen-bond donors (Lipinski definition) is 2. The summed E-state index contributed by atoms with van der Waals surface area (Å²) in [4.78, 5) is 0. The Kier molecular flexibility index (Phi) is 3.72. The van der Waals surface area contributed by atoms with Crippen molar-refractivity contribution in [3.8, 4) is 5.75 Å². The molecule has 2 N–H and O–H groups in total. The highest BCUT2D eigenvalue weighted by molar-refractivity contribution is 9.10. The van der Waals surface area contributed by atoms with Crippen LogP contribution in [0.2, 0.25) is 0 Å². The molecule has 5 atom stereocenters. The third kappa shape index (κ3) is 2.73. The Morgan fingerprint density at radius 2 is 1.86 bits per heavy atom. The van der Waals surface area contributed by atoms with Crippen LogP contribution >= 0.6 is 15.9 Å². The molecule has 0 saturated heterocycles. The van der Waals surface area contributed by atoms with Crippen LogP contribution in [-0.2, 0) is 0 Å². The number of ether oxygens (including phenoxy) is 1. The molecular weight excluding hydrogens is 330 g/mol. The van der Waals surface area contributed by atoms with Gasteiger partial charge in [0.05, 0.1) is 0 Å². The second kappa shape index (κ2) is 5.56. The van der Waals surface area contributed by atoms with E-state index in [1.165, 1.54) is 19.3 Å². The van der Waals surface area contributed by atoms with Crippen molar-refractivity contribution in [1.29, 1.82) is 0 Å². The van der Waals surface area contributed by atoms with Crippen LogP contribution in [-0.4, -0.2) is 30.4 Å². The number of halogens is 1. The van der Waals surface area contributed by atoms with Crippen LogP contribution in [0, 0.1) is 23.7 Å². The standard InChI is InChI=1S/C17H22BrNO2/c18-12-3-5-14(6-4-12)21-9-13(20)8-19-17-15-10-1-2-11(7-10)16(15)17/h3-6,10-11,13,15-17,19-20H,1-2,7-9H2. The van der Waals surface area contributed by atoms with E-state index in [0.29, 0.717) is 19.2 Å². The summed E-state index contributed by atoms with van der Waals surface area (Å²) in [7, 11) is 0. The molecule has 3 aliphatic carbocycles. The average Bonchev–Trinajstić information content (AvgIpc) is 2.87. The topological polar surface area (TPSA) is 41.5 Å². The van der Waals surface area contributed by atoms with Crippen LogP contribution < -0.4 is 10.1 Å². The number of hydrogen-bond acceptors (Lipinski definition) is 3. The van der Waals surface area contributed by atoms with Gasteiger partial charge in [-0.05, 0) is 67.2 Å². The van der Waals surface area contributed by atoms with Crippen molar-refractivity contribution in [2.75, 3.05) is 13.2 Å². The monoisotopic (exact) mass is 351 g/mol. The van der Waals surface area contributed by atoms with E-state index in [1.807, 2.05) is 24.3 Å². The number of benzene rings is 1. The molecule has 0 radical (unpaired) electrons. The number of aliphatic hydroxyl groups excluding tert-OH is 1. The van der Waals surface area contributed by atoms with Gasteiger partial charge in [0.2, 0.25) is 0 Å². The molecule has 2 bridgehead atoms. The molecule has 0 aliphatic heterocycles. The van der Waals surface area contributed by atoms with Gasteiger partial charge in [-0.15, -0.1) is 0 Å². The molecule has 3 aliphatic rings. The number of nitrogens with one attached hydrogen (secondary N) is 1. The van der Waals surface area contributed by atoms with E-state index in [4.69, 9.17) is 4.74 Å². The lowest BCUT2D eigenvalue weighted by atomic mass is 10.0. The van der Waals surface area contributed by atoms with Crippen molar-refractivity contribution in [2.24, 2.45) is 23.7 Å².